The number of hydrogen-bond acceptors (Lipinski definition) is 3. The third kappa shape index (κ3) is 3.01. The lowest BCUT2D eigenvalue weighted by Crippen LogP contribution is -2.10. The van der Waals surface area contributed by atoms with E-state index in [4.69, 9.17) is 26.8 Å². The van der Waals surface area contributed by atoms with Crippen molar-refractivity contribution in [1.82, 2.24) is 0 Å². The second-order valence-corrected chi connectivity index (χ2v) is 3.58. The molecule has 0 spiro atoms. The molecular weight excluding hydrogens is 214 g/mol. The molecule has 0 aromatic heterocycles. The summed E-state index contributed by atoms with van der Waals surface area (Å²) in [6.07, 6.45) is 0.747. The van der Waals surface area contributed by atoms with Gasteiger partial charge in [-0.3, -0.25) is 0 Å². The first-order valence-electron chi connectivity index (χ1n) is 4.76. The summed E-state index contributed by atoms with van der Waals surface area (Å²) in [4.78, 5) is 0. The molecule has 1 rings (SSSR count). The minimum absolute atomic E-state index is 0.0534. The van der Waals surface area contributed by atoms with Crippen LogP contribution in [0.4, 0.5) is 0 Å². The van der Waals surface area contributed by atoms with Gasteiger partial charge in [0.15, 0.2) is 11.5 Å². The number of nitrogens with two attached hydrogens (primary N) is 1. The Kier molecular flexibility index (Phi) is 4.72. The maximum atomic E-state index is 5.94. The zero-order chi connectivity index (χ0) is 11.3. The molecule has 84 valence electrons. The van der Waals surface area contributed by atoms with Crippen molar-refractivity contribution in [3.63, 3.8) is 0 Å². The number of benzene rings is 1. The van der Waals surface area contributed by atoms with Crippen molar-refractivity contribution in [3.8, 4) is 11.5 Å². The van der Waals surface area contributed by atoms with E-state index < -0.39 is 0 Å². The predicted octanol–water partition coefficient (Wildman–Crippen LogP) is 2.33. The van der Waals surface area contributed by atoms with E-state index in [1.165, 1.54) is 0 Å². The van der Waals surface area contributed by atoms with Gasteiger partial charge in [-0.2, -0.15) is 0 Å². The van der Waals surface area contributed by atoms with Crippen LogP contribution in [-0.4, -0.2) is 20.1 Å². The molecule has 0 saturated heterocycles. The van der Waals surface area contributed by atoms with Gasteiger partial charge < -0.3 is 15.2 Å². The van der Waals surface area contributed by atoms with Gasteiger partial charge >= 0.3 is 0 Å². The average Bonchev–Trinajstić information content (AvgIpc) is 2.28. The van der Waals surface area contributed by atoms with E-state index in [-0.39, 0.29) is 6.04 Å². The third-order valence-electron chi connectivity index (χ3n) is 2.26. The Balaban J connectivity index is 2.92. The Hall–Kier alpha value is -0.930. The van der Waals surface area contributed by atoms with Crippen molar-refractivity contribution in [2.45, 2.75) is 12.5 Å². The van der Waals surface area contributed by atoms with Gasteiger partial charge in [-0.25, -0.2) is 0 Å². The monoisotopic (exact) mass is 229 g/mol. The number of hydrogen-bond donors (Lipinski definition) is 1. The van der Waals surface area contributed by atoms with Crippen molar-refractivity contribution >= 4 is 11.6 Å². The fraction of sp³-hybridized carbons (Fsp3) is 0.455. The lowest BCUT2D eigenvalue weighted by Gasteiger charge is -2.13. The van der Waals surface area contributed by atoms with Crippen LogP contribution in [0.2, 0.25) is 0 Å². The summed E-state index contributed by atoms with van der Waals surface area (Å²) in [5.74, 6) is 1.95. The van der Waals surface area contributed by atoms with E-state index in [0.29, 0.717) is 17.4 Å². The van der Waals surface area contributed by atoms with Gasteiger partial charge in [0.2, 0.25) is 0 Å². The molecule has 3 nitrogen and oxygen atoms in total. The normalized spacial score (nSPS) is 12.3. The summed E-state index contributed by atoms with van der Waals surface area (Å²) >= 11 is 5.64. The Morgan fingerprint density at radius 1 is 1.27 bits per heavy atom. The van der Waals surface area contributed by atoms with Crippen LogP contribution in [0.25, 0.3) is 0 Å². The topological polar surface area (TPSA) is 44.5 Å². The van der Waals surface area contributed by atoms with Gasteiger partial charge in [-0.05, 0) is 24.1 Å². The second-order valence-electron chi connectivity index (χ2n) is 3.20. The molecule has 1 aromatic rings. The largest absolute Gasteiger partial charge is 0.493 e. The zero-order valence-corrected chi connectivity index (χ0v) is 9.75. The van der Waals surface area contributed by atoms with E-state index >= 15 is 0 Å². The van der Waals surface area contributed by atoms with Crippen LogP contribution in [0.3, 0.4) is 0 Å². The minimum Gasteiger partial charge on any atom is -0.493 e. The van der Waals surface area contributed by atoms with Crippen molar-refractivity contribution in [2.24, 2.45) is 5.73 Å². The maximum Gasteiger partial charge on any atom is 0.161 e. The minimum atomic E-state index is -0.0534. The Morgan fingerprint density at radius 3 is 2.47 bits per heavy atom. The Bertz CT molecular complexity index is 317. The van der Waals surface area contributed by atoms with E-state index in [1.807, 2.05) is 18.2 Å². The van der Waals surface area contributed by atoms with Crippen LogP contribution in [0.5, 0.6) is 11.5 Å². The molecule has 0 fully saturated rings. The molecule has 0 heterocycles. The Morgan fingerprint density at radius 2 is 1.93 bits per heavy atom. The van der Waals surface area contributed by atoms with Crippen LogP contribution in [-0.2, 0) is 0 Å². The predicted molar refractivity (Wildman–Crippen MR) is 61.8 cm³/mol. The fourth-order valence-electron chi connectivity index (χ4n) is 1.37. The van der Waals surface area contributed by atoms with Gasteiger partial charge in [0.25, 0.3) is 0 Å². The lowest BCUT2D eigenvalue weighted by molar-refractivity contribution is 0.354. The maximum absolute atomic E-state index is 5.94. The fourth-order valence-corrected chi connectivity index (χ4v) is 1.60. The first-order valence-corrected chi connectivity index (χ1v) is 5.29. The Labute approximate surface area is 95.1 Å². The molecule has 0 amide bonds. The molecular formula is C11H16ClNO2. The number of ether oxygens (including phenoxy) is 2. The number of halogens is 1. The van der Waals surface area contributed by atoms with Gasteiger partial charge in [0.05, 0.1) is 14.2 Å². The SMILES string of the molecule is COc1ccc([C@@H](N)CCCl)cc1OC. The van der Waals surface area contributed by atoms with Crippen molar-refractivity contribution in [2.75, 3.05) is 20.1 Å². The highest BCUT2D eigenvalue weighted by Gasteiger charge is 2.09. The molecule has 0 radical (unpaired) electrons. The van der Waals surface area contributed by atoms with Crippen molar-refractivity contribution in [3.05, 3.63) is 23.8 Å². The second kappa shape index (κ2) is 5.83. The molecule has 4 heteroatoms. The molecule has 0 saturated carbocycles. The third-order valence-corrected chi connectivity index (χ3v) is 2.47. The molecule has 2 N–H and O–H groups in total. The smallest absolute Gasteiger partial charge is 0.161 e. The highest BCUT2D eigenvalue weighted by Crippen LogP contribution is 2.30. The van der Waals surface area contributed by atoms with Gasteiger partial charge in [0, 0.05) is 11.9 Å². The molecule has 0 unspecified atom stereocenters. The summed E-state index contributed by atoms with van der Waals surface area (Å²) in [7, 11) is 3.21. The lowest BCUT2D eigenvalue weighted by atomic mass is 10.1. The first kappa shape index (κ1) is 12.1. The highest BCUT2D eigenvalue weighted by atomic mass is 35.5. The van der Waals surface area contributed by atoms with Crippen molar-refractivity contribution in [1.29, 1.82) is 0 Å². The molecule has 0 bridgehead atoms. The number of alkyl halides is 1. The summed E-state index contributed by atoms with van der Waals surface area (Å²) in [6, 6.07) is 5.61. The van der Waals surface area contributed by atoms with Crippen molar-refractivity contribution < 1.29 is 9.47 Å². The van der Waals surface area contributed by atoms with E-state index in [0.717, 1.165) is 12.0 Å². The summed E-state index contributed by atoms with van der Waals surface area (Å²) in [5, 5.41) is 0. The number of rotatable bonds is 5. The van der Waals surface area contributed by atoms with E-state index in [9.17, 15) is 0 Å². The zero-order valence-electron chi connectivity index (χ0n) is 9.00. The summed E-state index contributed by atoms with van der Waals surface area (Å²) in [6.45, 7) is 0. The first-order chi connectivity index (χ1) is 7.22. The molecule has 0 aliphatic rings. The van der Waals surface area contributed by atoms with Crippen LogP contribution in [0.15, 0.2) is 18.2 Å². The highest BCUT2D eigenvalue weighted by molar-refractivity contribution is 6.17. The van der Waals surface area contributed by atoms with Crippen LogP contribution < -0.4 is 15.2 Å². The van der Waals surface area contributed by atoms with Crippen LogP contribution >= 0.6 is 11.6 Å². The molecule has 1 aromatic carbocycles. The van der Waals surface area contributed by atoms with E-state index in [2.05, 4.69) is 0 Å². The summed E-state index contributed by atoms with van der Waals surface area (Å²) in [5.41, 5.74) is 6.95. The summed E-state index contributed by atoms with van der Waals surface area (Å²) < 4.78 is 10.3. The molecule has 15 heavy (non-hydrogen) atoms. The molecule has 0 aliphatic carbocycles. The van der Waals surface area contributed by atoms with Gasteiger partial charge in [-0.1, -0.05) is 6.07 Å². The average molecular weight is 230 g/mol. The van der Waals surface area contributed by atoms with Gasteiger partial charge in [-0.15, -0.1) is 11.6 Å². The quantitative estimate of drug-likeness (QED) is 0.789. The number of methoxy groups -OCH3 is 2. The van der Waals surface area contributed by atoms with Crippen LogP contribution in [0, 0.1) is 0 Å². The van der Waals surface area contributed by atoms with E-state index in [1.54, 1.807) is 14.2 Å². The van der Waals surface area contributed by atoms with Crippen LogP contribution in [0.1, 0.15) is 18.0 Å². The standard InChI is InChI=1S/C11H16ClNO2/c1-14-10-4-3-8(7-11(10)15-2)9(13)5-6-12/h3-4,7,9H,5-6,13H2,1-2H3/t9-/m0/s1. The molecule has 1 atom stereocenters. The molecule has 0 aliphatic heterocycles. The van der Waals surface area contributed by atoms with Gasteiger partial charge in [0.1, 0.15) is 0 Å².